The molecule has 0 bridgehead atoms. The van der Waals surface area contributed by atoms with Gasteiger partial charge >= 0.3 is 0 Å². The van der Waals surface area contributed by atoms with Gasteiger partial charge in [0.25, 0.3) is 0 Å². The predicted molar refractivity (Wildman–Crippen MR) is 96.3 cm³/mol. The van der Waals surface area contributed by atoms with Crippen molar-refractivity contribution in [2.24, 2.45) is 0 Å². The van der Waals surface area contributed by atoms with Crippen molar-refractivity contribution in [1.82, 2.24) is 14.8 Å². The predicted octanol–water partition coefficient (Wildman–Crippen LogP) is 2.40. The minimum absolute atomic E-state index is 0.124. The van der Waals surface area contributed by atoms with Crippen LogP contribution in [0.1, 0.15) is 41.0 Å². The second kappa shape index (κ2) is 7.61. The molecule has 27 heavy (non-hydrogen) atoms. The van der Waals surface area contributed by atoms with E-state index in [0.717, 1.165) is 0 Å². The van der Waals surface area contributed by atoms with E-state index < -0.39 is 5.78 Å². The van der Waals surface area contributed by atoms with Gasteiger partial charge in [0.15, 0.2) is 17.3 Å². The molecule has 1 aliphatic rings. The molecule has 0 aliphatic heterocycles. The number of hydrogen-bond donors (Lipinski definition) is 1. The average molecular weight is 371 g/mol. The van der Waals surface area contributed by atoms with Crippen LogP contribution in [0.5, 0.6) is 11.5 Å². The topological polar surface area (TPSA) is 104 Å². The number of Topliss-reactive ketones (excluding diaryl/α,β-unsaturated/α-hetero) is 2. The highest BCUT2D eigenvalue weighted by atomic mass is 16.5. The molecule has 142 valence electrons. The van der Waals surface area contributed by atoms with E-state index in [-0.39, 0.29) is 35.6 Å². The summed E-state index contributed by atoms with van der Waals surface area (Å²) in [6.07, 6.45) is 4.32. The molecular formula is C19H21N3O5. The van der Waals surface area contributed by atoms with Gasteiger partial charge in [0.1, 0.15) is 17.0 Å². The van der Waals surface area contributed by atoms with Gasteiger partial charge < -0.3 is 14.6 Å². The largest absolute Gasteiger partial charge is 0.511 e. The maximum atomic E-state index is 12.8. The first-order chi connectivity index (χ1) is 13.0. The normalized spacial score (nSPS) is 14.4. The molecule has 0 saturated carbocycles. The van der Waals surface area contributed by atoms with Crippen LogP contribution in [0.25, 0.3) is 0 Å². The molecule has 0 amide bonds. The number of hydrogen-bond acceptors (Lipinski definition) is 7. The van der Waals surface area contributed by atoms with Gasteiger partial charge in [0, 0.05) is 31.3 Å². The van der Waals surface area contributed by atoms with Crippen LogP contribution >= 0.6 is 0 Å². The van der Waals surface area contributed by atoms with E-state index in [9.17, 15) is 14.7 Å². The molecule has 8 nitrogen and oxygen atoms in total. The first-order valence-electron chi connectivity index (χ1n) is 8.56. The Morgan fingerprint density at radius 3 is 2.74 bits per heavy atom. The van der Waals surface area contributed by atoms with Crippen molar-refractivity contribution >= 4 is 11.6 Å². The van der Waals surface area contributed by atoms with Crippen molar-refractivity contribution in [3.05, 3.63) is 46.7 Å². The van der Waals surface area contributed by atoms with Crippen molar-refractivity contribution in [1.29, 1.82) is 0 Å². The van der Waals surface area contributed by atoms with Gasteiger partial charge in [0.05, 0.1) is 32.0 Å². The zero-order valence-electron chi connectivity index (χ0n) is 15.5. The lowest BCUT2D eigenvalue weighted by Crippen LogP contribution is -2.19. The highest BCUT2D eigenvalue weighted by Crippen LogP contribution is 2.30. The van der Waals surface area contributed by atoms with Gasteiger partial charge in [-0.2, -0.15) is 5.10 Å². The number of ether oxygens (including phenoxy) is 2. The molecule has 0 atom stereocenters. The van der Waals surface area contributed by atoms with Crippen molar-refractivity contribution in [2.75, 3.05) is 14.2 Å². The molecule has 0 spiro atoms. The molecule has 0 fully saturated rings. The lowest BCUT2D eigenvalue weighted by atomic mass is 9.91. The molecule has 0 saturated heterocycles. The van der Waals surface area contributed by atoms with Crippen LogP contribution in [0.15, 0.2) is 29.8 Å². The monoisotopic (exact) mass is 371 g/mol. The molecule has 3 rings (SSSR count). The van der Waals surface area contributed by atoms with Crippen LogP contribution in [-0.4, -0.2) is 45.7 Å². The van der Waals surface area contributed by atoms with E-state index in [0.29, 0.717) is 35.7 Å². The van der Waals surface area contributed by atoms with E-state index in [1.54, 1.807) is 30.1 Å². The minimum Gasteiger partial charge on any atom is -0.511 e. The standard InChI is InChI=1S/C19H21N3O5/c1-11-12(18(25)17-14(23)5-4-6-15(17)24)9-22(21-11)10-13-19(27-3)16(26-2)7-8-20-13/h7-9,23H,4-6,10H2,1-3H3. The molecule has 0 radical (unpaired) electrons. The number of methoxy groups -OCH3 is 2. The third-order valence-electron chi connectivity index (χ3n) is 4.48. The number of carbonyl (C=O) groups is 2. The van der Waals surface area contributed by atoms with E-state index in [4.69, 9.17) is 9.47 Å². The van der Waals surface area contributed by atoms with Crippen LogP contribution in [-0.2, 0) is 11.3 Å². The maximum absolute atomic E-state index is 12.8. The van der Waals surface area contributed by atoms with E-state index in [1.807, 2.05) is 0 Å². The van der Waals surface area contributed by atoms with E-state index >= 15 is 0 Å². The summed E-state index contributed by atoms with van der Waals surface area (Å²) in [6.45, 7) is 1.94. The number of nitrogens with zero attached hydrogens (tertiary/aromatic N) is 3. The Bertz CT molecular complexity index is 929. The summed E-state index contributed by atoms with van der Waals surface area (Å²) in [7, 11) is 3.06. The lowest BCUT2D eigenvalue weighted by Gasteiger charge is -2.13. The van der Waals surface area contributed by atoms with Gasteiger partial charge in [-0.05, 0) is 13.3 Å². The van der Waals surface area contributed by atoms with Gasteiger partial charge in [-0.1, -0.05) is 0 Å². The zero-order chi connectivity index (χ0) is 19.6. The SMILES string of the molecule is COc1ccnc(Cn2cc(C(=O)C3=C(O)CCCC3=O)c(C)n2)c1OC. The van der Waals surface area contributed by atoms with Gasteiger partial charge in [-0.25, -0.2) is 0 Å². The number of carbonyl (C=O) groups excluding carboxylic acids is 2. The summed E-state index contributed by atoms with van der Waals surface area (Å²) in [4.78, 5) is 29.2. The number of rotatable bonds is 6. The van der Waals surface area contributed by atoms with Crippen LogP contribution in [0, 0.1) is 6.92 Å². The number of aliphatic hydroxyl groups excluding tert-OH is 1. The molecule has 2 aromatic rings. The van der Waals surface area contributed by atoms with E-state index in [2.05, 4.69) is 10.1 Å². The van der Waals surface area contributed by atoms with Crippen LogP contribution in [0.4, 0.5) is 0 Å². The third kappa shape index (κ3) is 3.55. The smallest absolute Gasteiger partial charge is 0.203 e. The second-order valence-electron chi connectivity index (χ2n) is 6.25. The highest BCUT2D eigenvalue weighted by molar-refractivity contribution is 6.27. The van der Waals surface area contributed by atoms with Gasteiger partial charge in [0.2, 0.25) is 5.78 Å². The fourth-order valence-electron chi connectivity index (χ4n) is 3.16. The summed E-state index contributed by atoms with van der Waals surface area (Å²) >= 11 is 0. The molecule has 2 aromatic heterocycles. The summed E-state index contributed by atoms with van der Waals surface area (Å²) < 4.78 is 12.2. The van der Waals surface area contributed by atoms with Crippen LogP contribution in [0.2, 0.25) is 0 Å². The highest BCUT2D eigenvalue weighted by Gasteiger charge is 2.29. The fourth-order valence-corrected chi connectivity index (χ4v) is 3.16. The summed E-state index contributed by atoms with van der Waals surface area (Å²) in [5.74, 6) is 0.0764. The Balaban J connectivity index is 1.92. The number of allylic oxidation sites excluding steroid dienone is 2. The van der Waals surface area contributed by atoms with Crippen molar-refractivity contribution in [3.8, 4) is 11.5 Å². The van der Waals surface area contributed by atoms with Crippen molar-refractivity contribution < 1.29 is 24.2 Å². The number of aryl methyl sites for hydroxylation is 1. The number of pyridine rings is 1. The Kier molecular flexibility index (Phi) is 5.25. The number of aromatic nitrogens is 3. The molecule has 1 aliphatic carbocycles. The van der Waals surface area contributed by atoms with Crippen molar-refractivity contribution in [3.63, 3.8) is 0 Å². The Labute approximate surface area is 156 Å². The van der Waals surface area contributed by atoms with Crippen LogP contribution in [0.3, 0.4) is 0 Å². The molecule has 0 aromatic carbocycles. The first-order valence-corrected chi connectivity index (χ1v) is 8.56. The summed E-state index contributed by atoms with van der Waals surface area (Å²) in [5.41, 5.74) is 1.23. The molecule has 2 heterocycles. The summed E-state index contributed by atoms with van der Waals surface area (Å²) in [6, 6.07) is 1.69. The first kappa shape index (κ1) is 18.6. The Morgan fingerprint density at radius 1 is 1.30 bits per heavy atom. The minimum atomic E-state index is -0.494. The van der Waals surface area contributed by atoms with E-state index in [1.165, 1.54) is 14.2 Å². The second-order valence-corrected chi connectivity index (χ2v) is 6.25. The quantitative estimate of drug-likeness (QED) is 0.614. The Hall–Kier alpha value is -3.16. The van der Waals surface area contributed by atoms with Crippen LogP contribution < -0.4 is 9.47 Å². The molecule has 0 unspecified atom stereocenters. The lowest BCUT2D eigenvalue weighted by molar-refractivity contribution is -0.116. The Morgan fingerprint density at radius 2 is 2.07 bits per heavy atom. The number of ketones is 2. The molecular weight excluding hydrogens is 350 g/mol. The summed E-state index contributed by atoms with van der Waals surface area (Å²) in [5, 5.41) is 14.3. The van der Waals surface area contributed by atoms with Crippen molar-refractivity contribution in [2.45, 2.75) is 32.7 Å². The fraction of sp³-hybridized carbons (Fsp3) is 0.368. The van der Waals surface area contributed by atoms with Gasteiger partial charge in [-0.15, -0.1) is 0 Å². The van der Waals surface area contributed by atoms with Gasteiger partial charge in [-0.3, -0.25) is 19.3 Å². The third-order valence-corrected chi connectivity index (χ3v) is 4.48. The molecule has 1 N–H and O–H groups in total. The zero-order valence-corrected chi connectivity index (χ0v) is 15.5. The maximum Gasteiger partial charge on any atom is 0.203 e. The number of aliphatic hydroxyl groups is 1. The molecule has 8 heteroatoms. The average Bonchev–Trinajstić information content (AvgIpc) is 3.01.